The fourth-order valence-corrected chi connectivity index (χ4v) is 4.96. The molecule has 0 aliphatic heterocycles. The van der Waals surface area contributed by atoms with Crippen LogP contribution in [0.1, 0.15) is 147 Å². The lowest BCUT2D eigenvalue weighted by atomic mass is 9.79. The number of hydrogen-bond donors (Lipinski definition) is 2. The van der Waals surface area contributed by atoms with Gasteiger partial charge in [0, 0.05) is 29.1 Å². The summed E-state index contributed by atoms with van der Waals surface area (Å²) >= 11 is 0. The highest BCUT2D eigenvalue weighted by atomic mass is 16.3. The van der Waals surface area contributed by atoms with Crippen molar-refractivity contribution >= 4 is 12.4 Å². The van der Waals surface area contributed by atoms with Crippen LogP contribution in [0.25, 0.3) is 0 Å². The smallest absolute Gasteiger partial charge is 0.128 e. The number of aryl methyl sites for hydroxylation is 1. The molecule has 0 heterocycles. The van der Waals surface area contributed by atoms with Crippen LogP contribution in [0.5, 0.6) is 11.5 Å². The summed E-state index contributed by atoms with van der Waals surface area (Å²) in [5.41, 5.74) is 5.13. The van der Waals surface area contributed by atoms with Crippen molar-refractivity contribution < 1.29 is 10.2 Å². The van der Waals surface area contributed by atoms with Gasteiger partial charge >= 0.3 is 0 Å². The highest BCUT2D eigenvalue weighted by Gasteiger charge is 2.25. The number of aromatic hydroxyl groups is 2. The Bertz CT molecular complexity index is 1170. The number of nitrogens with zero attached hydrogens (tertiary/aromatic N) is 2. The van der Waals surface area contributed by atoms with E-state index in [0.717, 1.165) is 22.3 Å². The van der Waals surface area contributed by atoms with Gasteiger partial charge in [-0.3, -0.25) is 9.98 Å². The highest BCUT2D eigenvalue weighted by molar-refractivity contribution is 5.86. The Kier molecular flexibility index (Phi) is 11.6. The maximum absolute atomic E-state index is 11.1. The van der Waals surface area contributed by atoms with Crippen molar-refractivity contribution in [1.29, 1.82) is 0 Å². The Morgan fingerprint density at radius 2 is 1.32 bits per heavy atom. The van der Waals surface area contributed by atoms with Crippen LogP contribution in [0, 0.1) is 6.92 Å². The molecule has 0 bridgehead atoms. The molecule has 2 rings (SSSR count). The zero-order chi connectivity index (χ0) is 30.3. The van der Waals surface area contributed by atoms with Crippen LogP contribution in [0.2, 0.25) is 0 Å². The molecule has 0 unspecified atom stereocenters. The Morgan fingerprint density at radius 3 is 1.85 bits per heavy atom. The third kappa shape index (κ3) is 9.49. The fraction of sp³-hybridized carbons (Fsp3) is 0.611. The van der Waals surface area contributed by atoms with Gasteiger partial charge in [0.2, 0.25) is 0 Å². The zero-order valence-electron chi connectivity index (χ0n) is 27.3. The minimum Gasteiger partial charge on any atom is -0.507 e. The maximum Gasteiger partial charge on any atom is 0.128 e. The molecule has 4 heteroatoms. The molecule has 2 aromatic carbocycles. The number of phenolic OH excluding ortho intramolecular Hbond substituents is 2. The highest BCUT2D eigenvalue weighted by Crippen LogP contribution is 2.37. The molecule has 0 aliphatic rings. The quantitative estimate of drug-likeness (QED) is 0.259. The van der Waals surface area contributed by atoms with Crippen molar-refractivity contribution in [3.8, 4) is 11.5 Å². The second-order valence-corrected chi connectivity index (χ2v) is 14.3. The van der Waals surface area contributed by atoms with E-state index in [1.165, 1.54) is 49.7 Å². The monoisotopic (exact) mass is 548 g/mol. The summed E-state index contributed by atoms with van der Waals surface area (Å²) in [6, 6.07) is 8.45. The molecule has 0 fully saturated rings. The van der Waals surface area contributed by atoms with E-state index in [1.54, 1.807) is 6.21 Å². The number of phenols is 2. The molecular weight excluding hydrogens is 492 g/mol. The topological polar surface area (TPSA) is 65.2 Å². The van der Waals surface area contributed by atoms with Crippen molar-refractivity contribution in [1.82, 2.24) is 0 Å². The van der Waals surface area contributed by atoms with E-state index < -0.39 is 5.54 Å². The molecule has 2 aromatic rings. The molecule has 4 nitrogen and oxygen atoms in total. The Labute approximate surface area is 245 Å². The van der Waals surface area contributed by atoms with Gasteiger partial charge < -0.3 is 10.2 Å². The second kappa shape index (κ2) is 13.8. The van der Waals surface area contributed by atoms with E-state index in [-0.39, 0.29) is 10.8 Å². The van der Waals surface area contributed by atoms with Crippen molar-refractivity contribution in [2.45, 2.75) is 137 Å². The van der Waals surface area contributed by atoms with E-state index in [2.05, 4.69) is 73.6 Å². The van der Waals surface area contributed by atoms with Crippen LogP contribution < -0.4 is 0 Å². The first kappa shape index (κ1) is 33.6. The maximum atomic E-state index is 11.1. The third-order valence-electron chi connectivity index (χ3n) is 7.71. The second-order valence-electron chi connectivity index (χ2n) is 14.3. The number of hydrogen-bond acceptors (Lipinski definition) is 4. The molecule has 0 aromatic heterocycles. The Morgan fingerprint density at radius 1 is 0.750 bits per heavy atom. The van der Waals surface area contributed by atoms with Gasteiger partial charge in [-0.05, 0) is 79.2 Å². The number of rotatable bonds is 12. The average molecular weight is 549 g/mol. The van der Waals surface area contributed by atoms with Crippen LogP contribution in [0.15, 0.2) is 34.3 Å². The van der Waals surface area contributed by atoms with E-state index in [4.69, 9.17) is 9.98 Å². The average Bonchev–Trinajstić information content (AvgIpc) is 2.84. The molecule has 0 spiro atoms. The van der Waals surface area contributed by atoms with E-state index in [1.807, 2.05) is 33.1 Å². The van der Waals surface area contributed by atoms with Crippen molar-refractivity contribution in [3.63, 3.8) is 0 Å². The molecule has 0 atom stereocenters. The first-order chi connectivity index (χ1) is 18.5. The summed E-state index contributed by atoms with van der Waals surface area (Å²) in [4.78, 5) is 9.58. The molecule has 0 saturated heterocycles. The third-order valence-corrected chi connectivity index (χ3v) is 7.71. The SMILES string of the molecule is CCCCC(CCCC)c1cc(C)c(O)c(C=NC(C)(C)CN=Cc2cc(C(C)(C)C)cc(C(C)(C)C)c2O)c1. The van der Waals surface area contributed by atoms with Gasteiger partial charge in [0.25, 0.3) is 0 Å². The van der Waals surface area contributed by atoms with Crippen molar-refractivity contribution in [3.05, 3.63) is 57.6 Å². The van der Waals surface area contributed by atoms with Crippen LogP contribution in [-0.4, -0.2) is 34.7 Å². The fourth-order valence-electron chi connectivity index (χ4n) is 4.96. The zero-order valence-corrected chi connectivity index (χ0v) is 27.3. The Hall–Kier alpha value is -2.62. The standard InChI is InChI=1S/C36H56N2O2/c1-12-14-16-26(17-15-13-2)27-18-25(3)32(39)28(19-27)23-38-36(10,11)24-37-22-29-20-30(34(4,5)6)21-31(33(29)40)35(7,8)9/h18-23,26,39-40H,12-17,24H2,1-11H3. The minimum atomic E-state index is -0.471. The molecule has 0 radical (unpaired) electrons. The lowest BCUT2D eigenvalue weighted by Crippen LogP contribution is -2.21. The summed E-state index contributed by atoms with van der Waals surface area (Å²) in [6.07, 6.45) is 10.8. The number of benzene rings is 2. The van der Waals surface area contributed by atoms with Crippen LogP contribution >= 0.6 is 0 Å². The molecule has 40 heavy (non-hydrogen) atoms. The molecule has 0 saturated carbocycles. The van der Waals surface area contributed by atoms with Crippen LogP contribution in [0.4, 0.5) is 0 Å². The summed E-state index contributed by atoms with van der Waals surface area (Å²) < 4.78 is 0. The van der Waals surface area contributed by atoms with Gasteiger partial charge in [-0.15, -0.1) is 0 Å². The van der Waals surface area contributed by atoms with Crippen LogP contribution in [0.3, 0.4) is 0 Å². The lowest BCUT2D eigenvalue weighted by molar-refractivity contribution is 0.443. The predicted molar refractivity (Wildman–Crippen MR) is 174 cm³/mol. The van der Waals surface area contributed by atoms with Gasteiger partial charge in [0.1, 0.15) is 11.5 Å². The van der Waals surface area contributed by atoms with Gasteiger partial charge in [-0.1, -0.05) is 93.2 Å². The molecule has 2 N–H and O–H groups in total. The van der Waals surface area contributed by atoms with Gasteiger partial charge in [0.15, 0.2) is 0 Å². The van der Waals surface area contributed by atoms with Gasteiger partial charge in [-0.2, -0.15) is 0 Å². The molecule has 0 amide bonds. The molecular formula is C36H56N2O2. The van der Waals surface area contributed by atoms with Gasteiger partial charge in [0.05, 0.1) is 12.1 Å². The largest absolute Gasteiger partial charge is 0.507 e. The van der Waals surface area contributed by atoms with E-state index >= 15 is 0 Å². The first-order valence-electron chi connectivity index (χ1n) is 15.3. The molecule has 0 aliphatic carbocycles. The predicted octanol–water partition coefficient (Wildman–Crippen LogP) is 9.78. The normalized spacial score (nSPS) is 13.3. The van der Waals surface area contributed by atoms with Gasteiger partial charge in [-0.25, -0.2) is 0 Å². The summed E-state index contributed by atoms with van der Waals surface area (Å²) in [7, 11) is 0. The van der Waals surface area contributed by atoms with E-state index in [0.29, 0.717) is 24.0 Å². The minimum absolute atomic E-state index is 0.0411. The lowest BCUT2D eigenvalue weighted by Gasteiger charge is -2.27. The Balaban J connectivity index is 2.33. The van der Waals surface area contributed by atoms with E-state index in [9.17, 15) is 10.2 Å². The van der Waals surface area contributed by atoms with Crippen molar-refractivity contribution in [2.24, 2.45) is 9.98 Å². The molecule has 222 valence electrons. The summed E-state index contributed by atoms with van der Waals surface area (Å²) in [6.45, 7) is 23.9. The van der Waals surface area contributed by atoms with Crippen LogP contribution in [-0.2, 0) is 10.8 Å². The summed E-state index contributed by atoms with van der Waals surface area (Å²) in [5, 5.41) is 21.9. The first-order valence-corrected chi connectivity index (χ1v) is 15.3. The summed E-state index contributed by atoms with van der Waals surface area (Å²) in [5.74, 6) is 1.11. The number of aliphatic imine (C=N–C) groups is 2. The van der Waals surface area contributed by atoms with Crippen molar-refractivity contribution in [2.75, 3.05) is 6.54 Å². The number of unbranched alkanes of at least 4 members (excludes halogenated alkanes) is 2.